The molecule has 31 heavy (non-hydrogen) atoms. The van der Waals surface area contributed by atoms with Gasteiger partial charge in [0.15, 0.2) is 0 Å². The van der Waals surface area contributed by atoms with Crippen LogP contribution in [0.15, 0.2) is 67.3 Å². The van der Waals surface area contributed by atoms with Crippen LogP contribution >= 0.6 is 0 Å². The molecule has 1 unspecified atom stereocenters. The van der Waals surface area contributed by atoms with E-state index in [2.05, 4.69) is 6.58 Å². The Hall–Kier alpha value is -3.61. The van der Waals surface area contributed by atoms with Gasteiger partial charge >= 0.3 is 6.09 Å². The van der Waals surface area contributed by atoms with Crippen LogP contribution in [0.5, 0.6) is 5.75 Å². The molecule has 0 aromatic heterocycles. The molecule has 0 radical (unpaired) electrons. The lowest BCUT2D eigenvalue weighted by Gasteiger charge is -2.35. The lowest BCUT2D eigenvalue weighted by atomic mass is 9.77. The molecule has 1 N–H and O–H groups in total. The molecule has 0 spiro atoms. The first-order valence-electron chi connectivity index (χ1n) is 10.0. The van der Waals surface area contributed by atoms with Gasteiger partial charge in [0.25, 0.3) is 5.91 Å². The Morgan fingerprint density at radius 2 is 1.81 bits per heavy atom. The third-order valence-corrected chi connectivity index (χ3v) is 5.56. The van der Waals surface area contributed by atoms with Crippen LogP contribution < -0.4 is 4.74 Å². The van der Waals surface area contributed by atoms with Gasteiger partial charge in [-0.05, 0) is 42.7 Å². The van der Waals surface area contributed by atoms with E-state index < -0.39 is 17.4 Å². The normalized spacial score (nSPS) is 18.9. The summed E-state index contributed by atoms with van der Waals surface area (Å²) in [6, 6.07) is 15.9. The second-order valence-corrected chi connectivity index (χ2v) is 7.63. The summed E-state index contributed by atoms with van der Waals surface area (Å²) in [5, 5.41) is 9.69. The summed E-state index contributed by atoms with van der Waals surface area (Å²) in [6.07, 6.45) is 1.04. The molecule has 0 aliphatic carbocycles. The second kappa shape index (κ2) is 9.47. The number of allylic oxidation sites excluding steroid dienone is 1. The van der Waals surface area contributed by atoms with Crippen molar-refractivity contribution in [1.82, 2.24) is 9.80 Å². The fraction of sp³-hybridized carbons (Fsp3) is 0.292. The minimum absolute atomic E-state index is 0.00548. The predicted octanol–water partition coefficient (Wildman–Crippen LogP) is 3.46. The average Bonchev–Trinajstić information content (AvgIpc) is 2.92. The predicted molar refractivity (Wildman–Crippen MR) is 116 cm³/mol. The largest absolute Gasteiger partial charge is 0.497 e. The molecule has 1 aliphatic rings. The Bertz CT molecular complexity index is 958. The quantitative estimate of drug-likeness (QED) is 0.569. The number of ether oxygens (including phenoxy) is 1. The number of amides is 3. The summed E-state index contributed by atoms with van der Waals surface area (Å²) in [4.78, 5) is 41.3. The molecule has 7 heteroatoms. The zero-order valence-corrected chi connectivity index (χ0v) is 17.5. The second-order valence-electron chi connectivity index (χ2n) is 7.63. The molecule has 1 aliphatic heterocycles. The Morgan fingerprint density at radius 3 is 2.39 bits per heavy atom. The maximum Gasteiger partial charge on any atom is 0.407 e. The molecule has 0 saturated carbocycles. The number of hydrogen-bond acceptors (Lipinski definition) is 4. The Kier molecular flexibility index (Phi) is 6.74. The van der Waals surface area contributed by atoms with E-state index in [0.717, 1.165) is 5.56 Å². The first kappa shape index (κ1) is 22.1. The minimum atomic E-state index is -1.12. The number of carboxylic acid groups (broad SMARTS) is 1. The molecule has 3 rings (SSSR count). The topological polar surface area (TPSA) is 87.2 Å². The Morgan fingerprint density at radius 1 is 1.13 bits per heavy atom. The van der Waals surface area contributed by atoms with Crippen molar-refractivity contribution < 1.29 is 24.2 Å². The Balaban J connectivity index is 2.01. The number of benzene rings is 2. The molecule has 1 saturated heterocycles. The highest BCUT2D eigenvalue weighted by atomic mass is 16.5. The van der Waals surface area contributed by atoms with Crippen molar-refractivity contribution in [3.05, 3.63) is 78.4 Å². The summed E-state index contributed by atoms with van der Waals surface area (Å²) in [7, 11) is 1.53. The van der Waals surface area contributed by atoms with E-state index in [1.165, 1.54) is 16.9 Å². The summed E-state index contributed by atoms with van der Waals surface area (Å²) in [6.45, 7) is 3.82. The number of carbonyl (C=O) groups excluding carboxylic acids is 2. The van der Waals surface area contributed by atoms with Crippen molar-refractivity contribution in [3.8, 4) is 5.75 Å². The smallest absolute Gasteiger partial charge is 0.407 e. The number of methoxy groups -OCH3 is 1. The van der Waals surface area contributed by atoms with Crippen LogP contribution in [0.25, 0.3) is 0 Å². The van der Waals surface area contributed by atoms with Gasteiger partial charge in [0.05, 0.1) is 12.5 Å². The highest BCUT2D eigenvalue weighted by molar-refractivity contribution is 6.06. The van der Waals surface area contributed by atoms with E-state index in [-0.39, 0.29) is 32.0 Å². The molecule has 3 amide bonds. The first-order chi connectivity index (χ1) is 14.9. The molecular weight excluding hydrogens is 396 g/mol. The van der Waals surface area contributed by atoms with Gasteiger partial charge in [-0.25, -0.2) is 4.79 Å². The number of hydrogen-bond donors (Lipinski definition) is 1. The number of nitrogens with zero attached hydrogens (tertiary/aromatic N) is 2. The van der Waals surface area contributed by atoms with Gasteiger partial charge in [0, 0.05) is 25.2 Å². The van der Waals surface area contributed by atoms with E-state index >= 15 is 0 Å². The Labute approximate surface area is 181 Å². The molecule has 162 valence electrons. The average molecular weight is 422 g/mol. The van der Waals surface area contributed by atoms with Crippen LogP contribution in [0.1, 0.15) is 22.3 Å². The molecule has 1 fully saturated rings. The molecule has 2 aromatic rings. The van der Waals surface area contributed by atoms with Crippen LogP contribution in [-0.4, -0.2) is 59.6 Å². The van der Waals surface area contributed by atoms with Crippen molar-refractivity contribution in [2.45, 2.75) is 12.8 Å². The number of rotatable bonds is 6. The molecular formula is C24H26N2O5. The van der Waals surface area contributed by atoms with Crippen LogP contribution in [0.4, 0.5) is 4.79 Å². The van der Waals surface area contributed by atoms with Crippen LogP contribution in [0, 0.1) is 5.41 Å². The zero-order chi connectivity index (χ0) is 22.4. The highest BCUT2D eigenvalue weighted by Crippen LogP contribution is 2.34. The molecule has 0 bridgehead atoms. The number of imide groups is 1. The molecule has 2 aromatic carbocycles. The van der Waals surface area contributed by atoms with Gasteiger partial charge in [0.1, 0.15) is 5.75 Å². The van der Waals surface area contributed by atoms with Crippen molar-refractivity contribution in [3.63, 3.8) is 0 Å². The van der Waals surface area contributed by atoms with Crippen molar-refractivity contribution in [2.75, 3.05) is 26.7 Å². The first-order valence-corrected chi connectivity index (χ1v) is 10.0. The third-order valence-electron chi connectivity index (χ3n) is 5.56. The van der Waals surface area contributed by atoms with E-state index in [1.807, 2.05) is 30.3 Å². The molecule has 1 heterocycles. The van der Waals surface area contributed by atoms with Gasteiger partial charge < -0.3 is 14.7 Å². The lowest BCUT2D eigenvalue weighted by Crippen LogP contribution is -2.49. The van der Waals surface area contributed by atoms with Gasteiger partial charge in [-0.2, -0.15) is 0 Å². The van der Waals surface area contributed by atoms with Crippen LogP contribution in [0.2, 0.25) is 0 Å². The van der Waals surface area contributed by atoms with Crippen LogP contribution in [-0.2, 0) is 11.2 Å². The monoisotopic (exact) mass is 422 g/mol. The van der Waals surface area contributed by atoms with Crippen molar-refractivity contribution in [1.29, 1.82) is 0 Å². The highest BCUT2D eigenvalue weighted by Gasteiger charge is 2.46. The van der Waals surface area contributed by atoms with E-state index in [1.54, 1.807) is 30.3 Å². The maximum absolute atomic E-state index is 13.8. The third kappa shape index (κ3) is 4.77. The van der Waals surface area contributed by atoms with Gasteiger partial charge in [0.2, 0.25) is 5.91 Å². The number of carbonyl (C=O) groups is 3. The van der Waals surface area contributed by atoms with E-state index in [0.29, 0.717) is 17.7 Å². The van der Waals surface area contributed by atoms with E-state index in [9.17, 15) is 19.5 Å². The summed E-state index contributed by atoms with van der Waals surface area (Å²) in [5.74, 6) is -0.247. The SMILES string of the molecule is C=CCC1(Cc2ccccc2)CN(C(=O)O)CCN(C(=O)c2ccc(OC)cc2)C1=O. The van der Waals surface area contributed by atoms with Gasteiger partial charge in [-0.1, -0.05) is 36.4 Å². The lowest BCUT2D eigenvalue weighted by molar-refractivity contribution is -0.138. The summed E-state index contributed by atoms with van der Waals surface area (Å²) >= 11 is 0. The maximum atomic E-state index is 13.8. The summed E-state index contributed by atoms with van der Waals surface area (Å²) in [5.41, 5.74) is 0.104. The molecule has 1 atom stereocenters. The van der Waals surface area contributed by atoms with E-state index in [4.69, 9.17) is 4.74 Å². The zero-order valence-electron chi connectivity index (χ0n) is 17.5. The standard InChI is InChI=1S/C24H26N2O5/c1-3-13-24(16-18-7-5-4-6-8-18)17-25(23(29)30)14-15-26(22(24)28)21(27)19-9-11-20(31-2)12-10-19/h3-12H,1,13-17H2,2H3,(H,29,30). The fourth-order valence-corrected chi connectivity index (χ4v) is 3.99. The minimum Gasteiger partial charge on any atom is -0.497 e. The van der Waals surface area contributed by atoms with Crippen molar-refractivity contribution in [2.24, 2.45) is 5.41 Å². The fourth-order valence-electron chi connectivity index (χ4n) is 3.99. The van der Waals surface area contributed by atoms with Crippen molar-refractivity contribution >= 4 is 17.9 Å². The van der Waals surface area contributed by atoms with Gasteiger partial charge in [-0.15, -0.1) is 6.58 Å². The van der Waals surface area contributed by atoms with Gasteiger partial charge in [-0.3, -0.25) is 14.5 Å². The molecule has 7 nitrogen and oxygen atoms in total. The summed E-state index contributed by atoms with van der Waals surface area (Å²) < 4.78 is 5.13. The van der Waals surface area contributed by atoms with Crippen LogP contribution in [0.3, 0.4) is 0 Å².